The quantitative estimate of drug-likeness (QED) is 0.443. The second kappa shape index (κ2) is 8.08. The van der Waals surface area contributed by atoms with Crippen molar-refractivity contribution in [2.75, 3.05) is 0 Å². The van der Waals surface area contributed by atoms with E-state index in [0.29, 0.717) is 12.5 Å². The zero-order chi connectivity index (χ0) is 19.5. The molecule has 0 amide bonds. The van der Waals surface area contributed by atoms with Gasteiger partial charge >= 0.3 is 0 Å². The van der Waals surface area contributed by atoms with Crippen LogP contribution in [0.2, 0.25) is 0 Å². The van der Waals surface area contributed by atoms with E-state index in [1.165, 1.54) is 37.8 Å². The number of benzene rings is 2. The summed E-state index contributed by atoms with van der Waals surface area (Å²) in [5.41, 5.74) is 5.19. The van der Waals surface area contributed by atoms with Crippen LogP contribution in [-0.2, 0) is 6.61 Å². The Bertz CT molecular complexity index is 1080. The second-order valence-electron chi connectivity index (χ2n) is 7.83. The molecule has 1 N–H and O–H groups in total. The van der Waals surface area contributed by atoms with Gasteiger partial charge in [0.1, 0.15) is 18.2 Å². The molecule has 2 aromatic heterocycles. The standard InChI is InChI=1S/C25H25N3O/c1-3-7-18(8-4-1)17-29-21-13-11-20(12-14-21)24-27-23-16-15-22(26-25(23)28-24)19-9-5-2-6-10-19/h1,3-4,7-8,11-16,19H,2,5-6,9-10,17H2,(H,26,27,28). The summed E-state index contributed by atoms with van der Waals surface area (Å²) < 4.78 is 5.88. The molecule has 1 saturated carbocycles. The van der Waals surface area contributed by atoms with Gasteiger partial charge in [-0.1, -0.05) is 49.6 Å². The minimum atomic E-state index is 0.568. The largest absolute Gasteiger partial charge is 0.489 e. The molecule has 0 aliphatic heterocycles. The first-order valence-corrected chi connectivity index (χ1v) is 10.5. The zero-order valence-electron chi connectivity index (χ0n) is 16.5. The topological polar surface area (TPSA) is 50.8 Å². The highest BCUT2D eigenvalue weighted by Gasteiger charge is 2.18. The van der Waals surface area contributed by atoms with E-state index in [1.807, 2.05) is 42.5 Å². The van der Waals surface area contributed by atoms with Crippen LogP contribution in [0.15, 0.2) is 66.7 Å². The van der Waals surface area contributed by atoms with Gasteiger partial charge in [0.15, 0.2) is 5.65 Å². The lowest BCUT2D eigenvalue weighted by Gasteiger charge is -2.20. The number of aromatic nitrogens is 3. The number of rotatable bonds is 5. The maximum absolute atomic E-state index is 5.88. The Balaban J connectivity index is 1.32. The Morgan fingerprint density at radius 3 is 2.41 bits per heavy atom. The number of aromatic amines is 1. The molecule has 146 valence electrons. The Hall–Kier alpha value is -3.14. The lowest BCUT2D eigenvalue weighted by molar-refractivity contribution is 0.306. The van der Waals surface area contributed by atoms with E-state index in [1.54, 1.807) is 0 Å². The molecule has 1 aliphatic rings. The molecule has 0 spiro atoms. The van der Waals surface area contributed by atoms with Gasteiger partial charge in [0.25, 0.3) is 0 Å². The van der Waals surface area contributed by atoms with E-state index in [2.05, 4.69) is 29.2 Å². The fourth-order valence-corrected chi connectivity index (χ4v) is 4.12. The lowest BCUT2D eigenvalue weighted by Crippen LogP contribution is -2.06. The molecule has 29 heavy (non-hydrogen) atoms. The number of nitrogens with one attached hydrogen (secondary N) is 1. The molecule has 2 heterocycles. The van der Waals surface area contributed by atoms with Gasteiger partial charge in [-0.05, 0) is 54.8 Å². The molecule has 0 radical (unpaired) electrons. The SMILES string of the molecule is c1ccc(COc2ccc(-c3nc4nc(C5CCCCC5)ccc4[nH]3)cc2)cc1. The van der Waals surface area contributed by atoms with Crippen LogP contribution >= 0.6 is 0 Å². The predicted octanol–water partition coefficient (Wildman–Crippen LogP) is 6.25. The highest BCUT2D eigenvalue weighted by Crippen LogP contribution is 2.32. The number of hydrogen-bond donors (Lipinski definition) is 1. The molecule has 0 atom stereocenters. The average molecular weight is 383 g/mol. The van der Waals surface area contributed by atoms with Crippen molar-refractivity contribution >= 4 is 11.2 Å². The fourth-order valence-electron chi connectivity index (χ4n) is 4.12. The van der Waals surface area contributed by atoms with Gasteiger partial charge in [-0.2, -0.15) is 0 Å². The molecule has 4 nitrogen and oxygen atoms in total. The number of H-pyrrole nitrogens is 1. The minimum absolute atomic E-state index is 0.568. The number of ether oxygens (including phenoxy) is 1. The number of pyridine rings is 1. The van der Waals surface area contributed by atoms with E-state index < -0.39 is 0 Å². The Kier molecular flexibility index (Phi) is 4.99. The first-order chi connectivity index (χ1) is 14.3. The number of fused-ring (bicyclic) bond motifs is 1. The third kappa shape index (κ3) is 4.02. The molecule has 0 bridgehead atoms. The van der Waals surface area contributed by atoms with Crippen molar-refractivity contribution in [2.24, 2.45) is 0 Å². The van der Waals surface area contributed by atoms with Crippen LogP contribution < -0.4 is 4.74 Å². The normalized spacial score (nSPS) is 14.9. The van der Waals surface area contributed by atoms with Crippen molar-refractivity contribution in [3.05, 3.63) is 78.0 Å². The van der Waals surface area contributed by atoms with Crippen LogP contribution in [0.5, 0.6) is 5.75 Å². The predicted molar refractivity (Wildman–Crippen MR) is 116 cm³/mol. The Morgan fingerprint density at radius 2 is 1.62 bits per heavy atom. The summed E-state index contributed by atoms with van der Waals surface area (Å²) in [6.45, 7) is 0.568. The van der Waals surface area contributed by atoms with Gasteiger partial charge in [-0.3, -0.25) is 0 Å². The number of nitrogens with zero attached hydrogens (tertiary/aromatic N) is 2. The first kappa shape index (κ1) is 17.9. The molecular formula is C25H25N3O. The summed E-state index contributed by atoms with van der Waals surface area (Å²) in [6.07, 6.45) is 6.49. The van der Waals surface area contributed by atoms with E-state index in [4.69, 9.17) is 14.7 Å². The van der Waals surface area contributed by atoms with Crippen LogP contribution in [0.4, 0.5) is 0 Å². The monoisotopic (exact) mass is 383 g/mol. The summed E-state index contributed by atoms with van der Waals surface area (Å²) in [5, 5.41) is 0. The van der Waals surface area contributed by atoms with Crippen molar-refractivity contribution < 1.29 is 4.74 Å². The summed E-state index contributed by atoms with van der Waals surface area (Å²) in [6, 6.07) is 22.6. The molecule has 4 aromatic rings. The highest BCUT2D eigenvalue weighted by molar-refractivity contribution is 5.76. The van der Waals surface area contributed by atoms with Crippen LogP contribution in [0, 0.1) is 0 Å². The van der Waals surface area contributed by atoms with Gasteiger partial charge in [0, 0.05) is 17.2 Å². The van der Waals surface area contributed by atoms with Crippen LogP contribution in [-0.4, -0.2) is 15.0 Å². The second-order valence-corrected chi connectivity index (χ2v) is 7.83. The molecular weight excluding hydrogens is 358 g/mol. The molecule has 5 rings (SSSR count). The Labute approximate surface area is 171 Å². The van der Waals surface area contributed by atoms with Gasteiger partial charge in [0.2, 0.25) is 0 Å². The van der Waals surface area contributed by atoms with Gasteiger partial charge < -0.3 is 9.72 Å². The van der Waals surface area contributed by atoms with Crippen molar-refractivity contribution in [1.29, 1.82) is 0 Å². The van der Waals surface area contributed by atoms with E-state index in [9.17, 15) is 0 Å². The maximum atomic E-state index is 5.88. The van der Waals surface area contributed by atoms with Gasteiger partial charge in [0.05, 0.1) is 5.52 Å². The van der Waals surface area contributed by atoms with Gasteiger partial charge in [-0.15, -0.1) is 0 Å². The summed E-state index contributed by atoms with van der Waals surface area (Å²) in [4.78, 5) is 13.0. The molecule has 2 aromatic carbocycles. The van der Waals surface area contributed by atoms with Crippen molar-refractivity contribution in [2.45, 2.75) is 44.6 Å². The zero-order valence-corrected chi connectivity index (χ0v) is 16.5. The Morgan fingerprint density at radius 1 is 0.828 bits per heavy atom. The summed E-state index contributed by atoms with van der Waals surface area (Å²) >= 11 is 0. The first-order valence-electron chi connectivity index (χ1n) is 10.5. The highest BCUT2D eigenvalue weighted by atomic mass is 16.5. The third-order valence-electron chi connectivity index (χ3n) is 5.77. The third-order valence-corrected chi connectivity index (χ3v) is 5.77. The van der Waals surface area contributed by atoms with Gasteiger partial charge in [-0.25, -0.2) is 9.97 Å². The fraction of sp³-hybridized carbons (Fsp3) is 0.280. The van der Waals surface area contributed by atoms with Crippen LogP contribution in [0.25, 0.3) is 22.6 Å². The van der Waals surface area contributed by atoms with Crippen LogP contribution in [0.1, 0.15) is 49.3 Å². The summed E-state index contributed by atoms with van der Waals surface area (Å²) in [5.74, 6) is 2.30. The maximum Gasteiger partial charge on any atom is 0.178 e. The molecule has 0 unspecified atom stereocenters. The van der Waals surface area contributed by atoms with E-state index in [-0.39, 0.29) is 0 Å². The molecule has 1 fully saturated rings. The average Bonchev–Trinajstić information content (AvgIpc) is 3.23. The molecule has 1 aliphatic carbocycles. The smallest absolute Gasteiger partial charge is 0.178 e. The molecule has 0 saturated heterocycles. The van der Waals surface area contributed by atoms with E-state index >= 15 is 0 Å². The van der Waals surface area contributed by atoms with Crippen molar-refractivity contribution in [3.63, 3.8) is 0 Å². The van der Waals surface area contributed by atoms with Crippen molar-refractivity contribution in [3.8, 4) is 17.1 Å². The minimum Gasteiger partial charge on any atom is -0.489 e. The number of imidazole rings is 1. The molecule has 4 heteroatoms. The van der Waals surface area contributed by atoms with Crippen molar-refractivity contribution in [1.82, 2.24) is 15.0 Å². The van der Waals surface area contributed by atoms with Crippen LogP contribution in [0.3, 0.4) is 0 Å². The number of hydrogen-bond acceptors (Lipinski definition) is 3. The van der Waals surface area contributed by atoms with E-state index in [0.717, 1.165) is 33.9 Å². The lowest BCUT2D eigenvalue weighted by atomic mass is 9.87. The summed E-state index contributed by atoms with van der Waals surface area (Å²) in [7, 11) is 0.